The predicted octanol–water partition coefficient (Wildman–Crippen LogP) is 4.82. The van der Waals surface area contributed by atoms with E-state index in [1.807, 2.05) is 12.1 Å². The third kappa shape index (κ3) is 3.71. The molecule has 4 rings (SSSR count). The summed E-state index contributed by atoms with van der Waals surface area (Å²) in [6, 6.07) is 5.48. The second-order valence-electron chi connectivity index (χ2n) is 9.75. The molecule has 1 aromatic carbocycles. The fourth-order valence-electron chi connectivity index (χ4n) is 5.46. The number of fused-ring (bicyclic) bond motifs is 3. The zero-order valence-corrected chi connectivity index (χ0v) is 17.1. The van der Waals surface area contributed by atoms with Gasteiger partial charge in [0.25, 0.3) is 0 Å². The van der Waals surface area contributed by atoms with Crippen molar-refractivity contribution in [2.75, 3.05) is 19.7 Å². The molecule has 1 aromatic rings. The lowest BCUT2D eigenvalue weighted by atomic mass is 9.64. The predicted molar refractivity (Wildman–Crippen MR) is 107 cm³/mol. The monoisotopic (exact) mass is 373 g/mol. The molecule has 2 saturated heterocycles. The Hall–Kier alpha value is -1.26. The highest BCUT2D eigenvalue weighted by atomic mass is 16.5. The molecule has 3 aliphatic rings. The van der Waals surface area contributed by atoms with E-state index < -0.39 is 0 Å². The third-order valence-electron chi connectivity index (χ3n) is 7.03. The van der Waals surface area contributed by atoms with Crippen LogP contribution in [0, 0.1) is 17.3 Å². The van der Waals surface area contributed by atoms with Crippen LogP contribution < -0.4 is 10.1 Å². The van der Waals surface area contributed by atoms with Crippen molar-refractivity contribution in [2.45, 2.75) is 71.0 Å². The van der Waals surface area contributed by atoms with Crippen molar-refractivity contribution >= 4 is 0 Å². The maximum Gasteiger partial charge on any atom is 0.126 e. The van der Waals surface area contributed by atoms with Gasteiger partial charge in [-0.25, -0.2) is 0 Å². The molecule has 2 N–H and O–H groups in total. The van der Waals surface area contributed by atoms with Crippen LogP contribution in [0.2, 0.25) is 0 Å². The lowest BCUT2D eigenvalue weighted by Gasteiger charge is -2.54. The van der Waals surface area contributed by atoms with Gasteiger partial charge in [-0.2, -0.15) is 0 Å². The first kappa shape index (κ1) is 19.1. The van der Waals surface area contributed by atoms with Gasteiger partial charge in [0.1, 0.15) is 17.1 Å². The normalized spacial score (nSPS) is 35.6. The highest BCUT2D eigenvalue weighted by Gasteiger charge is 2.53. The van der Waals surface area contributed by atoms with Crippen LogP contribution in [-0.4, -0.2) is 30.4 Å². The number of hydrogen-bond acceptors (Lipinski definition) is 4. The summed E-state index contributed by atoms with van der Waals surface area (Å²) < 4.78 is 13.2. The highest BCUT2D eigenvalue weighted by Crippen LogP contribution is 2.56. The van der Waals surface area contributed by atoms with E-state index in [9.17, 15) is 5.11 Å². The minimum absolute atomic E-state index is 0.0254. The molecule has 2 fully saturated rings. The molecule has 4 atom stereocenters. The second kappa shape index (κ2) is 7.29. The zero-order chi connectivity index (χ0) is 19.1. The van der Waals surface area contributed by atoms with E-state index in [1.54, 1.807) is 6.07 Å². The minimum Gasteiger partial charge on any atom is -0.508 e. The number of aromatic hydroxyl groups is 1. The number of benzene rings is 1. The van der Waals surface area contributed by atoms with E-state index in [0.29, 0.717) is 17.6 Å². The molecule has 0 radical (unpaired) electrons. The quantitative estimate of drug-likeness (QED) is 0.795. The highest BCUT2D eigenvalue weighted by molar-refractivity contribution is 5.44. The van der Waals surface area contributed by atoms with E-state index >= 15 is 0 Å². The lowest BCUT2D eigenvalue weighted by Crippen LogP contribution is -2.56. The number of hydrogen-bond donors (Lipinski definition) is 2. The van der Waals surface area contributed by atoms with Crippen molar-refractivity contribution in [3.8, 4) is 11.5 Å². The van der Waals surface area contributed by atoms with Crippen molar-refractivity contribution in [3.63, 3.8) is 0 Å². The standard InChI is InChI=1S/C23H35NO3/c1-16(2)6-4-9-22(3)19-13-23(10-5-11-24-14-23)15-26-21(19)18-12-17(25)7-8-20(18)27-22/h7-8,12,16,19,21,24-25H,4-6,9-11,13-15H2,1-3H3/t19-,21+,22-,23?/m1/s1. The van der Waals surface area contributed by atoms with Gasteiger partial charge < -0.3 is 19.9 Å². The average Bonchev–Trinajstić information content (AvgIpc) is 2.63. The first-order chi connectivity index (χ1) is 12.9. The van der Waals surface area contributed by atoms with Crippen molar-refractivity contribution < 1.29 is 14.6 Å². The summed E-state index contributed by atoms with van der Waals surface area (Å²) in [4.78, 5) is 0. The summed E-state index contributed by atoms with van der Waals surface area (Å²) in [7, 11) is 0. The second-order valence-corrected chi connectivity index (χ2v) is 9.75. The molecule has 27 heavy (non-hydrogen) atoms. The lowest BCUT2D eigenvalue weighted by molar-refractivity contribution is -0.174. The Morgan fingerprint density at radius 1 is 1.33 bits per heavy atom. The van der Waals surface area contributed by atoms with Crippen LogP contribution >= 0.6 is 0 Å². The van der Waals surface area contributed by atoms with E-state index in [-0.39, 0.29) is 17.1 Å². The molecule has 0 aliphatic carbocycles. The molecular formula is C23H35NO3. The Kier molecular flexibility index (Phi) is 5.15. The van der Waals surface area contributed by atoms with Gasteiger partial charge >= 0.3 is 0 Å². The minimum atomic E-state index is -0.214. The maximum absolute atomic E-state index is 10.0. The fraction of sp³-hybridized carbons (Fsp3) is 0.739. The molecule has 3 aliphatic heterocycles. The average molecular weight is 374 g/mol. The molecule has 1 unspecified atom stereocenters. The third-order valence-corrected chi connectivity index (χ3v) is 7.03. The smallest absolute Gasteiger partial charge is 0.126 e. The van der Waals surface area contributed by atoms with Crippen LogP contribution in [0.15, 0.2) is 18.2 Å². The SMILES string of the molecule is CC(C)CCC[C@@]1(C)Oc2ccc(O)cc2[C@@H]2OCC3(CCCNC3)C[C@H]21. The summed E-state index contributed by atoms with van der Waals surface area (Å²) in [5.41, 5.74) is 1.05. The van der Waals surface area contributed by atoms with E-state index in [1.165, 1.54) is 25.7 Å². The largest absolute Gasteiger partial charge is 0.508 e. The molecule has 0 amide bonds. The number of piperidine rings is 1. The van der Waals surface area contributed by atoms with Gasteiger partial charge in [0.2, 0.25) is 0 Å². The molecule has 4 nitrogen and oxygen atoms in total. The van der Waals surface area contributed by atoms with Gasteiger partial charge in [-0.1, -0.05) is 20.3 Å². The Balaban J connectivity index is 1.64. The number of ether oxygens (including phenoxy) is 2. The Morgan fingerprint density at radius 2 is 2.19 bits per heavy atom. The Morgan fingerprint density at radius 3 is 2.93 bits per heavy atom. The molecular weight excluding hydrogens is 338 g/mol. The molecule has 150 valence electrons. The molecule has 4 heteroatoms. The first-order valence-electron chi connectivity index (χ1n) is 10.8. The number of phenolic OH excluding ortho intramolecular Hbond substituents is 1. The molecule has 0 aromatic heterocycles. The van der Waals surface area contributed by atoms with Crippen LogP contribution in [0.3, 0.4) is 0 Å². The Labute approximate surface area is 163 Å². The summed E-state index contributed by atoms with van der Waals surface area (Å²) >= 11 is 0. The van der Waals surface area contributed by atoms with Gasteiger partial charge in [0, 0.05) is 23.4 Å². The summed E-state index contributed by atoms with van der Waals surface area (Å²) in [6.45, 7) is 9.84. The van der Waals surface area contributed by atoms with E-state index in [2.05, 4.69) is 26.1 Å². The first-order valence-corrected chi connectivity index (χ1v) is 10.8. The van der Waals surface area contributed by atoms with Gasteiger partial charge in [-0.3, -0.25) is 0 Å². The fourth-order valence-corrected chi connectivity index (χ4v) is 5.46. The number of nitrogens with one attached hydrogen (secondary N) is 1. The molecule has 0 saturated carbocycles. The number of phenols is 1. The molecule has 0 bridgehead atoms. The van der Waals surface area contributed by atoms with Crippen LogP contribution in [0.4, 0.5) is 0 Å². The molecule has 3 heterocycles. The van der Waals surface area contributed by atoms with Gasteiger partial charge in [0.05, 0.1) is 12.7 Å². The summed E-state index contributed by atoms with van der Waals surface area (Å²) in [5, 5.41) is 13.6. The maximum atomic E-state index is 10.0. The van der Waals surface area contributed by atoms with Gasteiger partial charge in [-0.05, 0) is 69.7 Å². The van der Waals surface area contributed by atoms with Crippen molar-refractivity contribution in [3.05, 3.63) is 23.8 Å². The summed E-state index contributed by atoms with van der Waals surface area (Å²) in [5.74, 6) is 2.22. The Bertz CT molecular complexity index is 668. The zero-order valence-electron chi connectivity index (χ0n) is 17.1. The number of rotatable bonds is 4. The van der Waals surface area contributed by atoms with E-state index in [4.69, 9.17) is 9.47 Å². The summed E-state index contributed by atoms with van der Waals surface area (Å²) in [6.07, 6.45) is 7.08. The topological polar surface area (TPSA) is 50.7 Å². The van der Waals surface area contributed by atoms with Crippen LogP contribution in [0.25, 0.3) is 0 Å². The van der Waals surface area contributed by atoms with Gasteiger partial charge in [-0.15, -0.1) is 0 Å². The van der Waals surface area contributed by atoms with Crippen molar-refractivity contribution in [1.29, 1.82) is 0 Å². The van der Waals surface area contributed by atoms with Crippen LogP contribution in [0.5, 0.6) is 11.5 Å². The van der Waals surface area contributed by atoms with Crippen LogP contribution in [0.1, 0.15) is 71.0 Å². The van der Waals surface area contributed by atoms with Gasteiger partial charge in [0.15, 0.2) is 0 Å². The van der Waals surface area contributed by atoms with Crippen molar-refractivity contribution in [2.24, 2.45) is 17.3 Å². The molecule has 1 spiro atoms. The van der Waals surface area contributed by atoms with Crippen LogP contribution in [-0.2, 0) is 4.74 Å². The van der Waals surface area contributed by atoms with Crippen molar-refractivity contribution in [1.82, 2.24) is 5.32 Å². The van der Waals surface area contributed by atoms with E-state index in [0.717, 1.165) is 43.9 Å².